The van der Waals surface area contributed by atoms with Gasteiger partial charge in [0, 0.05) is 36.4 Å². The average molecular weight is 504 g/mol. The maximum absolute atomic E-state index is 14.5. The number of aromatic nitrogens is 5. The van der Waals surface area contributed by atoms with Gasteiger partial charge in [0.1, 0.15) is 22.5 Å². The molecule has 9 nitrogen and oxygen atoms in total. The number of halogens is 1. The van der Waals surface area contributed by atoms with Gasteiger partial charge in [0.05, 0.1) is 0 Å². The number of hydrogen-bond acceptors (Lipinski definition) is 7. The van der Waals surface area contributed by atoms with Crippen LogP contribution >= 0.6 is 0 Å². The number of pyridine rings is 1. The lowest BCUT2D eigenvalue weighted by molar-refractivity contribution is 0.0694. The molecule has 3 aromatic heterocycles. The highest BCUT2D eigenvalue weighted by Crippen LogP contribution is 2.50. The van der Waals surface area contributed by atoms with E-state index in [1.54, 1.807) is 4.68 Å². The summed E-state index contributed by atoms with van der Waals surface area (Å²) in [6.07, 6.45) is 3.94. The van der Waals surface area contributed by atoms with Gasteiger partial charge in [-0.15, -0.1) is 0 Å². The third kappa shape index (κ3) is 3.91. The van der Waals surface area contributed by atoms with Gasteiger partial charge in [-0.05, 0) is 75.9 Å². The van der Waals surface area contributed by atoms with E-state index in [4.69, 9.17) is 0 Å². The van der Waals surface area contributed by atoms with Crippen LogP contribution in [0.1, 0.15) is 63.4 Å². The fraction of sp³-hybridized carbons (Fsp3) is 0.407. The lowest BCUT2D eigenvalue weighted by Crippen LogP contribution is -2.33. The van der Waals surface area contributed by atoms with Gasteiger partial charge in [-0.25, -0.2) is 23.7 Å². The maximum Gasteiger partial charge on any atom is 0.278 e. The molecule has 37 heavy (non-hydrogen) atoms. The Bertz CT molecular complexity index is 1600. The Balaban J connectivity index is 1.45. The first-order valence-corrected chi connectivity index (χ1v) is 12.6. The normalized spacial score (nSPS) is 16.4. The van der Waals surface area contributed by atoms with Crippen molar-refractivity contribution in [1.82, 2.24) is 29.6 Å². The minimum atomic E-state index is -1.51. The molecule has 1 fully saturated rings. The van der Waals surface area contributed by atoms with Crippen LogP contribution in [0.3, 0.4) is 0 Å². The standard InChI is InChI=1S/C27H30FN7O2/c1-15(2)34-24(36)18-13-30-25(31-17-5-6-19-16(11-17)12-29-14-27(19)9-10-27)33-23(18)35(34)21-8-7-20(28)22(32-21)26(3,4)37/h5-8,11,13,15,29,37H,9-10,12,14H2,1-4H3,(H,30,31,33). The van der Waals surface area contributed by atoms with Gasteiger partial charge in [-0.3, -0.25) is 4.79 Å². The first kappa shape index (κ1) is 23.7. The first-order chi connectivity index (χ1) is 17.6. The van der Waals surface area contributed by atoms with Crippen LogP contribution in [0.2, 0.25) is 0 Å². The van der Waals surface area contributed by atoms with Crippen molar-refractivity contribution in [3.63, 3.8) is 0 Å². The van der Waals surface area contributed by atoms with E-state index in [0.717, 1.165) is 18.8 Å². The average Bonchev–Trinajstić information content (AvgIpc) is 3.54. The van der Waals surface area contributed by atoms with Crippen molar-refractivity contribution in [3.8, 4) is 5.82 Å². The molecule has 10 heteroatoms. The molecule has 0 radical (unpaired) electrons. The molecule has 4 aromatic rings. The highest BCUT2D eigenvalue weighted by Gasteiger charge is 2.46. The van der Waals surface area contributed by atoms with Crippen LogP contribution in [0, 0.1) is 5.82 Å². The number of anilines is 2. The summed E-state index contributed by atoms with van der Waals surface area (Å²) >= 11 is 0. The quantitative estimate of drug-likeness (QED) is 0.380. The number of rotatable bonds is 5. The second kappa shape index (κ2) is 8.19. The van der Waals surface area contributed by atoms with E-state index in [1.807, 2.05) is 19.9 Å². The second-order valence-electron chi connectivity index (χ2n) is 10.9. The lowest BCUT2D eigenvalue weighted by Gasteiger charge is -2.26. The highest BCUT2D eigenvalue weighted by atomic mass is 19.1. The van der Waals surface area contributed by atoms with Gasteiger partial charge < -0.3 is 15.7 Å². The molecule has 1 saturated carbocycles. The summed E-state index contributed by atoms with van der Waals surface area (Å²) in [7, 11) is 0. The van der Waals surface area contributed by atoms with Crippen LogP contribution < -0.4 is 16.2 Å². The van der Waals surface area contributed by atoms with Gasteiger partial charge in [0.15, 0.2) is 11.5 Å². The summed E-state index contributed by atoms with van der Waals surface area (Å²) in [6, 6.07) is 8.83. The molecule has 0 atom stereocenters. The lowest BCUT2D eigenvalue weighted by atomic mass is 9.88. The van der Waals surface area contributed by atoms with Crippen LogP contribution in [0.25, 0.3) is 16.9 Å². The van der Waals surface area contributed by atoms with Gasteiger partial charge in [-0.2, -0.15) is 4.98 Å². The van der Waals surface area contributed by atoms with Gasteiger partial charge in [0.2, 0.25) is 5.95 Å². The molecule has 0 amide bonds. The zero-order valence-electron chi connectivity index (χ0n) is 21.3. The number of benzene rings is 1. The van der Waals surface area contributed by atoms with E-state index < -0.39 is 11.4 Å². The van der Waals surface area contributed by atoms with E-state index in [2.05, 4.69) is 37.7 Å². The fourth-order valence-electron chi connectivity index (χ4n) is 5.32. The van der Waals surface area contributed by atoms with Crippen LogP contribution in [0.4, 0.5) is 16.0 Å². The number of aliphatic hydroxyl groups is 1. The van der Waals surface area contributed by atoms with Crippen LogP contribution in [-0.2, 0) is 17.6 Å². The third-order valence-corrected chi connectivity index (χ3v) is 7.31. The molecule has 0 saturated heterocycles. The molecule has 4 heterocycles. The summed E-state index contributed by atoms with van der Waals surface area (Å²) in [4.78, 5) is 26.8. The molecular formula is C27H30FN7O2. The molecule has 0 unspecified atom stereocenters. The van der Waals surface area contributed by atoms with E-state index in [0.29, 0.717) is 22.4 Å². The van der Waals surface area contributed by atoms with Crippen LogP contribution in [0.5, 0.6) is 0 Å². The fourth-order valence-corrected chi connectivity index (χ4v) is 5.32. The van der Waals surface area contributed by atoms with Crippen molar-refractivity contribution in [3.05, 3.63) is 69.5 Å². The van der Waals surface area contributed by atoms with Gasteiger partial charge in [0.25, 0.3) is 5.56 Å². The predicted octanol–water partition coefficient (Wildman–Crippen LogP) is 3.80. The topological polar surface area (TPSA) is 110 Å². The Morgan fingerprint density at radius 2 is 1.97 bits per heavy atom. The SMILES string of the molecule is CC(C)n1c(=O)c2cnc(Nc3ccc4c(c3)CNCC43CC3)nc2n1-c1ccc(F)c(C(C)(C)O)n1. The third-order valence-electron chi connectivity index (χ3n) is 7.31. The molecule has 0 bridgehead atoms. The van der Waals surface area contributed by atoms with Crippen molar-refractivity contribution in [1.29, 1.82) is 0 Å². The molecule has 1 aliphatic heterocycles. The van der Waals surface area contributed by atoms with Crippen molar-refractivity contribution in [2.75, 3.05) is 11.9 Å². The number of nitrogens with one attached hydrogen (secondary N) is 2. The van der Waals surface area contributed by atoms with Crippen molar-refractivity contribution in [2.24, 2.45) is 0 Å². The molecular weight excluding hydrogens is 473 g/mol. The number of fused-ring (bicyclic) bond motifs is 3. The molecule has 192 valence electrons. The Morgan fingerprint density at radius 1 is 1.19 bits per heavy atom. The summed E-state index contributed by atoms with van der Waals surface area (Å²) in [5.41, 5.74) is 2.29. The maximum atomic E-state index is 14.5. The van der Waals surface area contributed by atoms with Crippen molar-refractivity contribution < 1.29 is 9.50 Å². The van der Waals surface area contributed by atoms with E-state index in [9.17, 15) is 14.3 Å². The Kier molecular flexibility index (Phi) is 5.26. The molecule has 3 N–H and O–H groups in total. The number of nitrogens with zero attached hydrogens (tertiary/aromatic N) is 5. The van der Waals surface area contributed by atoms with Crippen LogP contribution in [0.15, 0.2) is 41.3 Å². The summed E-state index contributed by atoms with van der Waals surface area (Å²) in [5, 5.41) is 17.6. The summed E-state index contributed by atoms with van der Waals surface area (Å²) in [6.45, 7) is 8.53. The zero-order valence-corrected chi connectivity index (χ0v) is 21.3. The molecule has 6 rings (SSSR count). The predicted molar refractivity (Wildman–Crippen MR) is 139 cm³/mol. The van der Waals surface area contributed by atoms with Gasteiger partial charge >= 0.3 is 0 Å². The monoisotopic (exact) mass is 503 g/mol. The number of hydrogen-bond donors (Lipinski definition) is 3. The van der Waals surface area contributed by atoms with E-state index >= 15 is 0 Å². The molecule has 1 spiro atoms. The first-order valence-electron chi connectivity index (χ1n) is 12.6. The highest BCUT2D eigenvalue weighted by molar-refractivity contribution is 5.77. The summed E-state index contributed by atoms with van der Waals surface area (Å²) in [5.74, 6) is -0.0200. The minimum Gasteiger partial charge on any atom is -0.384 e. The Hall–Kier alpha value is -3.63. The van der Waals surface area contributed by atoms with Crippen molar-refractivity contribution >= 4 is 22.7 Å². The molecule has 2 aliphatic rings. The van der Waals surface area contributed by atoms with E-state index in [-0.39, 0.29) is 23.1 Å². The Labute approximate surface area is 213 Å². The largest absolute Gasteiger partial charge is 0.384 e. The van der Waals surface area contributed by atoms with Crippen LogP contribution in [-0.4, -0.2) is 36.0 Å². The van der Waals surface area contributed by atoms with Crippen molar-refractivity contribution in [2.45, 2.75) is 64.1 Å². The zero-order chi connectivity index (χ0) is 26.1. The Morgan fingerprint density at radius 3 is 2.68 bits per heavy atom. The smallest absolute Gasteiger partial charge is 0.278 e. The molecule has 1 aliphatic carbocycles. The summed E-state index contributed by atoms with van der Waals surface area (Å²) < 4.78 is 17.6. The van der Waals surface area contributed by atoms with E-state index in [1.165, 1.54) is 60.8 Å². The molecule has 1 aromatic carbocycles. The second-order valence-corrected chi connectivity index (χ2v) is 10.9. The van der Waals surface area contributed by atoms with Gasteiger partial charge in [-0.1, -0.05) is 6.07 Å². The minimum absolute atomic E-state index is 0.113.